The number of nitrogens with one attached hydrogen (secondary N) is 1. The number of hydrogen-bond donors (Lipinski definition) is 1. The molecular weight excluding hydrogens is 324 g/mol. The third-order valence-electron chi connectivity index (χ3n) is 3.58. The number of nitrogens with zero attached hydrogens (tertiary/aromatic N) is 1. The summed E-state index contributed by atoms with van der Waals surface area (Å²) in [6, 6.07) is 16.8. The third kappa shape index (κ3) is 3.84. The topological polar surface area (TPSA) is 51.2 Å². The number of fused-ring (bicyclic) bond motifs is 1. The fourth-order valence-electron chi connectivity index (χ4n) is 2.46. The van der Waals surface area contributed by atoms with Crippen LogP contribution in [0.5, 0.6) is 5.75 Å². The Morgan fingerprint density at radius 2 is 2.00 bits per heavy atom. The molecule has 0 aliphatic rings. The molecule has 1 heterocycles. The Morgan fingerprint density at radius 3 is 2.83 bits per heavy atom. The van der Waals surface area contributed by atoms with Gasteiger partial charge in [-0.2, -0.15) is 0 Å². The van der Waals surface area contributed by atoms with Gasteiger partial charge in [0.15, 0.2) is 0 Å². The van der Waals surface area contributed by atoms with Gasteiger partial charge < -0.3 is 10.1 Å². The van der Waals surface area contributed by atoms with Gasteiger partial charge in [0, 0.05) is 5.39 Å². The highest BCUT2D eigenvalue weighted by Crippen LogP contribution is 2.20. The van der Waals surface area contributed by atoms with Crippen molar-refractivity contribution in [2.45, 2.75) is 6.92 Å². The van der Waals surface area contributed by atoms with Gasteiger partial charge >= 0.3 is 0 Å². The second-order valence-electron chi connectivity index (χ2n) is 5.43. The normalized spacial score (nSPS) is 10.6. The summed E-state index contributed by atoms with van der Waals surface area (Å²) in [5.74, 6) is 0.602. The zero-order valence-corrected chi connectivity index (χ0v) is 14.0. The van der Waals surface area contributed by atoms with E-state index in [0.29, 0.717) is 29.4 Å². The molecule has 1 amide bonds. The van der Waals surface area contributed by atoms with Gasteiger partial charge in [0.25, 0.3) is 5.91 Å². The quantitative estimate of drug-likeness (QED) is 0.564. The lowest BCUT2D eigenvalue weighted by Crippen LogP contribution is -2.28. The van der Waals surface area contributed by atoms with Crippen molar-refractivity contribution in [1.82, 2.24) is 10.3 Å². The average Bonchev–Trinajstić information content (AvgIpc) is 2.58. The van der Waals surface area contributed by atoms with Crippen LogP contribution in [0.4, 0.5) is 0 Å². The van der Waals surface area contributed by atoms with Gasteiger partial charge in [0.2, 0.25) is 0 Å². The van der Waals surface area contributed by atoms with Crippen LogP contribution < -0.4 is 10.1 Å². The van der Waals surface area contributed by atoms with E-state index in [-0.39, 0.29) is 5.91 Å². The smallest absolute Gasteiger partial charge is 0.252 e. The van der Waals surface area contributed by atoms with Crippen LogP contribution in [-0.2, 0) is 0 Å². The van der Waals surface area contributed by atoms with Crippen LogP contribution in [0.15, 0.2) is 54.6 Å². The van der Waals surface area contributed by atoms with Crippen LogP contribution >= 0.6 is 11.6 Å². The number of ether oxygens (including phenoxy) is 1. The predicted molar refractivity (Wildman–Crippen MR) is 95.8 cm³/mol. The van der Waals surface area contributed by atoms with E-state index in [4.69, 9.17) is 16.3 Å². The Hall–Kier alpha value is -2.59. The molecular formula is C19H17ClN2O2. The van der Waals surface area contributed by atoms with Crippen LogP contribution in [0, 0.1) is 6.92 Å². The number of halogens is 1. The molecule has 4 nitrogen and oxygen atoms in total. The van der Waals surface area contributed by atoms with E-state index in [1.807, 2.05) is 55.5 Å². The molecule has 2 aromatic carbocycles. The van der Waals surface area contributed by atoms with Crippen molar-refractivity contribution in [2.24, 2.45) is 0 Å². The molecule has 0 fully saturated rings. The molecule has 3 rings (SSSR count). The van der Waals surface area contributed by atoms with E-state index in [0.717, 1.165) is 16.7 Å². The summed E-state index contributed by atoms with van der Waals surface area (Å²) in [6.07, 6.45) is 0. The largest absolute Gasteiger partial charge is 0.492 e. The Bertz CT molecular complexity index is 880. The number of benzene rings is 2. The first-order valence-electron chi connectivity index (χ1n) is 7.66. The molecule has 3 aromatic rings. The number of carbonyl (C=O) groups is 1. The highest BCUT2D eigenvalue weighted by atomic mass is 35.5. The molecule has 122 valence electrons. The summed E-state index contributed by atoms with van der Waals surface area (Å²) in [6.45, 7) is 2.81. The number of pyridine rings is 1. The summed E-state index contributed by atoms with van der Waals surface area (Å²) in [4.78, 5) is 16.6. The van der Waals surface area contributed by atoms with Crippen LogP contribution in [0.3, 0.4) is 0 Å². The molecule has 0 saturated carbocycles. The van der Waals surface area contributed by atoms with Crippen molar-refractivity contribution in [3.05, 3.63) is 70.9 Å². The lowest BCUT2D eigenvalue weighted by atomic mass is 10.1. The third-order valence-corrected chi connectivity index (χ3v) is 3.77. The zero-order valence-electron chi connectivity index (χ0n) is 13.3. The summed E-state index contributed by atoms with van der Waals surface area (Å²) in [5, 5.41) is 3.93. The number of rotatable bonds is 5. The molecule has 0 aliphatic heterocycles. The maximum atomic E-state index is 12.4. The molecule has 0 radical (unpaired) electrons. The lowest BCUT2D eigenvalue weighted by molar-refractivity contribution is 0.0948. The highest BCUT2D eigenvalue weighted by molar-refractivity contribution is 6.30. The number of carbonyl (C=O) groups excluding carboxylic acids is 1. The second-order valence-corrected chi connectivity index (χ2v) is 5.82. The lowest BCUT2D eigenvalue weighted by Gasteiger charge is -2.10. The standard InChI is InChI=1S/C19H17ClN2O2/c1-13-5-4-6-14(11-13)24-10-9-21-19(23)16-12-18(20)22-17-8-3-2-7-15(16)17/h2-8,11-12H,9-10H2,1H3,(H,21,23). The fraction of sp³-hybridized carbons (Fsp3) is 0.158. The number of para-hydroxylation sites is 1. The average molecular weight is 341 g/mol. The van der Waals surface area contributed by atoms with E-state index in [2.05, 4.69) is 10.3 Å². The van der Waals surface area contributed by atoms with Gasteiger partial charge in [-0.25, -0.2) is 4.98 Å². The van der Waals surface area contributed by atoms with E-state index in [9.17, 15) is 4.79 Å². The van der Waals surface area contributed by atoms with Gasteiger partial charge in [-0.1, -0.05) is 41.9 Å². The number of hydrogen-bond acceptors (Lipinski definition) is 3. The summed E-state index contributed by atoms with van der Waals surface area (Å²) in [7, 11) is 0. The molecule has 24 heavy (non-hydrogen) atoms. The van der Waals surface area contributed by atoms with Crippen LogP contribution in [0.25, 0.3) is 10.9 Å². The van der Waals surface area contributed by atoms with Gasteiger partial charge in [0.05, 0.1) is 17.6 Å². The molecule has 0 saturated heterocycles. The van der Waals surface area contributed by atoms with Crippen LogP contribution in [0.1, 0.15) is 15.9 Å². The van der Waals surface area contributed by atoms with Crippen LogP contribution in [-0.4, -0.2) is 24.0 Å². The number of aromatic nitrogens is 1. The van der Waals surface area contributed by atoms with Gasteiger partial charge in [0.1, 0.15) is 17.5 Å². The molecule has 5 heteroatoms. The SMILES string of the molecule is Cc1cccc(OCCNC(=O)c2cc(Cl)nc3ccccc23)c1. The molecule has 1 N–H and O–H groups in total. The molecule has 0 atom stereocenters. The van der Waals surface area contributed by atoms with Crippen molar-refractivity contribution >= 4 is 28.4 Å². The Kier molecular flexibility index (Phi) is 4.96. The molecule has 0 spiro atoms. The number of amides is 1. The first kappa shape index (κ1) is 16.3. The molecule has 0 bridgehead atoms. The Balaban J connectivity index is 1.63. The highest BCUT2D eigenvalue weighted by Gasteiger charge is 2.11. The molecule has 1 aromatic heterocycles. The van der Waals surface area contributed by atoms with E-state index in [1.54, 1.807) is 6.07 Å². The fourth-order valence-corrected chi connectivity index (χ4v) is 2.66. The van der Waals surface area contributed by atoms with E-state index >= 15 is 0 Å². The Morgan fingerprint density at radius 1 is 1.17 bits per heavy atom. The zero-order chi connectivity index (χ0) is 16.9. The van der Waals surface area contributed by atoms with Gasteiger partial charge in [-0.15, -0.1) is 0 Å². The second kappa shape index (κ2) is 7.32. The maximum absolute atomic E-state index is 12.4. The van der Waals surface area contributed by atoms with E-state index in [1.165, 1.54) is 0 Å². The predicted octanol–water partition coefficient (Wildman–Crippen LogP) is 4.01. The molecule has 0 aliphatic carbocycles. The van der Waals surface area contributed by atoms with Crippen molar-refractivity contribution in [2.75, 3.05) is 13.2 Å². The van der Waals surface area contributed by atoms with Gasteiger partial charge in [-0.05, 0) is 36.8 Å². The van der Waals surface area contributed by atoms with Crippen molar-refractivity contribution < 1.29 is 9.53 Å². The summed E-state index contributed by atoms with van der Waals surface area (Å²) >= 11 is 6.01. The monoisotopic (exact) mass is 340 g/mol. The van der Waals surface area contributed by atoms with Crippen molar-refractivity contribution in [3.8, 4) is 5.75 Å². The minimum atomic E-state index is -0.191. The minimum Gasteiger partial charge on any atom is -0.492 e. The van der Waals surface area contributed by atoms with E-state index < -0.39 is 0 Å². The van der Waals surface area contributed by atoms with Crippen molar-refractivity contribution in [1.29, 1.82) is 0 Å². The first-order chi connectivity index (χ1) is 11.6. The summed E-state index contributed by atoms with van der Waals surface area (Å²) in [5.41, 5.74) is 2.35. The first-order valence-corrected chi connectivity index (χ1v) is 8.04. The number of aryl methyl sites for hydroxylation is 1. The van der Waals surface area contributed by atoms with Gasteiger partial charge in [-0.3, -0.25) is 4.79 Å². The summed E-state index contributed by atoms with van der Waals surface area (Å²) < 4.78 is 5.63. The van der Waals surface area contributed by atoms with Crippen LogP contribution in [0.2, 0.25) is 5.15 Å². The van der Waals surface area contributed by atoms with Crippen molar-refractivity contribution in [3.63, 3.8) is 0 Å². The Labute approximate surface area is 145 Å². The maximum Gasteiger partial charge on any atom is 0.252 e. The molecule has 0 unspecified atom stereocenters. The minimum absolute atomic E-state index is 0.191.